The molecule has 0 N–H and O–H groups in total. The summed E-state index contributed by atoms with van der Waals surface area (Å²) in [6.07, 6.45) is -0.287. The van der Waals surface area contributed by atoms with Crippen molar-refractivity contribution in [1.29, 1.82) is 0 Å². The van der Waals surface area contributed by atoms with Crippen LogP contribution < -0.4 is 4.74 Å². The van der Waals surface area contributed by atoms with E-state index < -0.39 is 0 Å². The van der Waals surface area contributed by atoms with Crippen molar-refractivity contribution in [1.82, 2.24) is 0 Å². The van der Waals surface area contributed by atoms with Gasteiger partial charge in [0, 0.05) is 13.2 Å². The molecule has 3 nitrogen and oxygen atoms in total. The summed E-state index contributed by atoms with van der Waals surface area (Å²) < 4.78 is 16.5. The predicted octanol–water partition coefficient (Wildman–Crippen LogP) is 3.59. The first-order valence-electron chi connectivity index (χ1n) is 6.63. The van der Waals surface area contributed by atoms with E-state index in [1.54, 1.807) is 0 Å². The summed E-state index contributed by atoms with van der Waals surface area (Å²) in [6.45, 7) is 9.92. The van der Waals surface area contributed by atoms with E-state index in [9.17, 15) is 0 Å². The van der Waals surface area contributed by atoms with Gasteiger partial charge in [-0.05, 0) is 37.5 Å². The van der Waals surface area contributed by atoms with Gasteiger partial charge < -0.3 is 14.2 Å². The Hall–Kier alpha value is -1.06. The molecule has 3 heteroatoms. The van der Waals surface area contributed by atoms with E-state index in [0.29, 0.717) is 25.7 Å². The molecule has 0 saturated carbocycles. The van der Waals surface area contributed by atoms with Gasteiger partial charge in [0.1, 0.15) is 12.4 Å². The second-order valence-electron chi connectivity index (χ2n) is 4.37. The lowest BCUT2D eigenvalue weighted by Gasteiger charge is -2.17. The van der Waals surface area contributed by atoms with Crippen LogP contribution in [0.15, 0.2) is 24.3 Å². The first-order chi connectivity index (χ1) is 8.67. The summed E-state index contributed by atoms with van der Waals surface area (Å²) in [5.41, 5.74) is 1.31. The molecule has 1 aromatic carbocycles. The molecule has 0 aromatic heterocycles. The van der Waals surface area contributed by atoms with Gasteiger partial charge in [-0.1, -0.05) is 26.0 Å². The van der Waals surface area contributed by atoms with Crippen molar-refractivity contribution in [3.63, 3.8) is 0 Å². The van der Waals surface area contributed by atoms with Gasteiger partial charge in [-0.2, -0.15) is 0 Å². The van der Waals surface area contributed by atoms with E-state index in [4.69, 9.17) is 14.2 Å². The molecule has 1 aromatic rings. The highest BCUT2D eigenvalue weighted by atomic mass is 16.7. The van der Waals surface area contributed by atoms with E-state index in [-0.39, 0.29) is 6.29 Å². The van der Waals surface area contributed by atoms with E-state index in [2.05, 4.69) is 26.0 Å². The molecule has 0 saturated heterocycles. The Bertz CT molecular complexity index is 313. The van der Waals surface area contributed by atoms with E-state index >= 15 is 0 Å². The molecule has 0 atom stereocenters. The topological polar surface area (TPSA) is 27.7 Å². The molecular weight excluding hydrogens is 228 g/mol. The molecule has 0 aliphatic heterocycles. The van der Waals surface area contributed by atoms with Crippen LogP contribution in [0.1, 0.15) is 39.2 Å². The van der Waals surface area contributed by atoms with Crippen LogP contribution in [0, 0.1) is 0 Å². The van der Waals surface area contributed by atoms with Gasteiger partial charge in [0.15, 0.2) is 6.29 Å². The molecule has 0 spiro atoms. The monoisotopic (exact) mass is 252 g/mol. The quantitative estimate of drug-likeness (QED) is 0.662. The zero-order chi connectivity index (χ0) is 13.4. The molecule has 0 unspecified atom stereocenters. The Morgan fingerprint density at radius 2 is 1.50 bits per heavy atom. The van der Waals surface area contributed by atoms with Crippen LogP contribution in [0.25, 0.3) is 0 Å². The number of hydrogen-bond acceptors (Lipinski definition) is 3. The fourth-order valence-corrected chi connectivity index (χ4v) is 1.63. The molecule has 0 amide bonds. The van der Waals surface area contributed by atoms with Crippen molar-refractivity contribution in [3.05, 3.63) is 29.8 Å². The molecule has 0 radical (unpaired) electrons. The molecular formula is C15H24O3. The van der Waals surface area contributed by atoms with Crippen LogP contribution in [0.5, 0.6) is 5.75 Å². The summed E-state index contributed by atoms with van der Waals surface area (Å²) in [5.74, 6) is 1.39. The first-order valence-corrected chi connectivity index (χ1v) is 6.63. The summed E-state index contributed by atoms with van der Waals surface area (Å²) in [7, 11) is 0. The van der Waals surface area contributed by atoms with Crippen molar-refractivity contribution in [3.8, 4) is 5.75 Å². The third-order valence-electron chi connectivity index (χ3n) is 2.64. The van der Waals surface area contributed by atoms with Crippen molar-refractivity contribution in [2.45, 2.75) is 39.9 Å². The Labute approximate surface area is 110 Å². The largest absolute Gasteiger partial charge is 0.488 e. The summed E-state index contributed by atoms with van der Waals surface area (Å²) in [6, 6.07) is 8.17. The Morgan fingerprint density at radius 3 is 1.94 bits per heavy atom. The number of benzene rings is 1. The molecule has 0 fully saturated rings. The lowest BCUT2D eigenvalue weighted by molar-refractivity contribution is -0.152. The van der Waals surface area contributed by atoms with Crippen molar-refractivity contribution in [2.75, 3.05) is 19.8 Å². The lowest BCUT2D eigenvalue weighted by atomic mass is 10.0. The highest BCUT2D eigenvalue weighted by molar-refractivity contribution is 5.28. The zero-order valence-electron chi connectivity index (χ0n) is 11.8. The van der Waals surface area contributed by atoms with E-state index in [1.807, 2.05) is 26.0 Å². The normalized spacial score (nSPS) is 11.2. The minimum absolute atomic E-state index is 0.287. The van der Waals surface area contributed by atoms with Crippen LogP contribution in [0.2, 0.25) is 0 Å². The second-order valence-corrected chi connectivity index (χ2v) is 4.37. The average molecular weight is 252 g/mol. The van der Waals surface area contributed by atoms with E-state index in [0.717, 1.165) is 5.75 Å². The van der Waals surface area contributed by atoms with Crippen LogP contribution >= 0.6 is 0 Å². The number of hydrogen-bond donors (Lipinski definition) is 0. The predicted molar refractivity (Wildman–Crippen MR) is 73.1 cm³/mol. The molecule has 18 heavy (non-hydrogen) atoms. The maximum Gasteiger partial charge on any atom is 0.191 e. The highest BCUT2D eigenvalue weighted by Gasteiger charge is 2.08. The second kappa shape index (κ2) is 8.11. The van der Waals surface area contributed by atoms with Crippen molar-refractivity contribution < 1.29 is 14.2 Å². The molecule has 102 valence electrons. The van der Waals surface area contributed by atoms with Gasteiger partial charge in [0.05, 0.1) is 0 Å². The van der Waals surface area contributed by atoms with E-state index in [1.165, 1.54) is 5.56 Å². The molecule has 0 aliphatic carbocycles. The van der Waals surface area contributed by atoms with Gasteiger partial charge in [-0.3, -0.25) is 0 Å². The maximum absolute atomic E-state index is 5.66. The first kappa shape index (κ1) is 15.0. The van der Waals surface area contributed by atoms with Crippen molar-refractivity contribution >= 4 is 0 Å². The van der Waals surface area contributed by atoms with Gasteiger partial charge in [-0.25, -0.2) is 0 Å². The maximum atomic E-state index is 5.66. The molecule has 1 rings (SSSR count). The number of rotatable bonds is 8. The SMILES string of the molecule is CCOC(COc1ccc(C(C)C)cc1)OCC. The molecule has 0 aliphatic rings. The standard InChI is InChI=1S/C15H24O3/c1-5-16-15(17-6-2)11-18-14-9-7-13(8-10-14)12(3)4/h7-10,12,15H,5-6,11H2,1-4H3. The minimum atomic E-state index is -0.287. The summed E-state index contributed by atoms with van der Waals surface area (Å²) in [4.78, 5) is 0. The number of ether oxygens (including phenoxy) is 3. The zero-order valence-corrected chi connectivity index (χ0v) is 11.8. The Balaban J connectivity index is 2.46. The smallest absolute Gasteiger partial charge is 0.191 e. The van der Waals surface area contributed by atoms with Gasteiger partial charge in [0.2, 0.25) is 0 Å². The van der Waals surface area contributed by atoms with Crippen LogP contribution in [0.4, 0.5) is 0 Å². The van der Waals surface area contributed by atoms with Gasteiger partial charge in [0.25, 0.3) is 0 Å². The average Bonchev–Trinajstić information content (AvgIpc) is 2.37. The highest BCUT2D eigenvalue weighted by Crippen LogP contribution is 2.18. The summed E-state index contributed by atoms with van der Waals surface area (Å²) in [5, 5.41) is 0. The minimum Gasteiger partial charge on any atom is -0.488 e. The van der Waals surface area contributed by atoms with Crippen molar-refractivity contribution in [2.24, 2.45) is 0 Å². The summed E-state index contributed by atoms with van der Waals surface area (Å²) >= 11 is 0. The van der Waals surface area contributed by atoms with Crippen LogP contribution in [-0.2, 0) is 9.47 Å². The fraction of sp³-hybridized carbons (Fsp3) is 0.600. The van der Waals surface area contributed by atoms with Crippen LogP contribution in [-0.4, -0.2) is 26.1 Å². The lowest BCUT2D eigenvalue weighted by Crippen LogP contribution is -2.25. The van der Waals surface area contributed by atoms with Crippen LogP contribution in [0.3, 0.4) is 0 Å². The fourth-order valence-electron chi connectivity index (χ4n) is 1.63. The van der Waals surface area contributed by atoms with Gasteiger partial charge in [-0.15, -0.1) is 0 Å². The molecule has 0 bridgehead atoms. The third-order valence-corrected chi connectivity index (χ3v) is 2.64. The third kappa shape index (κ3) is 5.07. The molecule has 0 heterocycles. The Kier molecular flexibility index (Phi) is 6.76. The van der Waals surface area contributed by atoms with Gasteiger partial charge >= 0.3 is 0 Å². The Morgan fingerprint density at radius 1 is 0.944 bits per heavy atom.